The van der Waals surface area contributed by atoms with Crippen molar-refractivity contribution in [3.8, 4) is 11.5 Å². The number of nitrogens with zero attached hydrogens (tertiary/aromatic N) is 1. The van der Waals surface area contributed by atoms with Crippen molar-refractivity contribution in [2.45, 2.75) is 12.8 Å². The molecule has 0 saturated carbocycles. The van der Waals surface area contributed by atoms with Crippen LogP contribution < -0.4 is 14.8 Å². The van der Waals surface area contributed by atoms with E-state index in [-0.39, 0.29) is 11.8 Å². The molecule has 0 spiro atoms. The minimum Gasteiger partial charge on any atom is -0.493 e. The first kappa shape index (κ1) is 21.0. The van der Waals surface area contributed by atoms with Crippen LogP contribution in [0.15, 0.2) is 42.5 Å². The van der Waals surface area contributed by atoms with Gasteiger partial charge in [-0.05, 0) is 49.1 Å². The zero-order chi connectivity index (χ0) is 20.8. The van der Waals surface area contributed by atoms with Crippen LogP contribution in [0.4, 0.5) is 0 Å². The maximum absolute atomic E-state index is 12.8. The number of halogens is 1. The Bertz CT molecular complexity index is 879. The molecule has 1 saturated heterocycles. The van der Waals surface area contributed by atoms with Crippen molar-refractivity contribution in [2.24, 2.45) is 5.92 Å². The van der Waals surface area contributed by atoms with E-state index in [4.69, 9.17) is 21.1 Å². The normalized spacial score (nSPS) is 14.4. The molecule has 7 heteroatoms. The van der Waals surface area contributed by atoms with Gasteiger partial charge in [0, 0.05) is 25.2 Å². The number of amides is 2. The molecular weight excluding hydrogens is 392 g/mol. The zero-order valence-corrected chi connectivity index (χ0v) is 17.4. The molecule has 6 nitrogen and oxygen atoms in total. The molecule has 2 amide bonds. The highest BCUT2D eigenvalue weighted by molar-refractivity contribution is 6.33. The highest BCUT2D eigenvalue weighted by Crippen LogP contribution is 2.29. The largest absolute Gasteiger partial charge is 0.493 e. The van der Waals surface area contributed by atoms with E-state index in [0.29, 0.717) is 53.2 Å². The fourth-order valence-electron chi connectivity index (χ4n) is 3.47. The Kier molecular flexibility index (Phi) is 6.99. The van der Waals surface area contributed by atoms with Gasteiger partial charge >= 0.3 is 0 Å². The third kappa shape index (κ3) is 5.01. The quantitative estimate of drug-likeness (QED) is 0.780. The Hall–Kier alpha value is -2.73. The van der Waals surface area contributed by atoms with Crippen molar-refractivity contribution in [2.75, 3.05) is 33.9 Å². The average Bonchev–Trinajstić information content (AvgIpc) is 2.77. The highest BCUT2D eigenvalue weighted by atomic mass is 35.5. The average molecular weight is 417 g/mol. The Balaban J connectivity index is 1.52. The molecule has 0 aliphatic carbocycles. The standard InChI is InChI=1S/C22H25ClN2O4/c1-28-19-8-7-16(13-20(19)29-2)22(27)25-11-9-15(10-12-25)14-24-21(26)17-5-3-4-6-18(17)23/h3-8,13,15H,9-12,14H2,1-2H3,(H,24,26). The first-order valence-electron chi connectivity index (χ1n) is 9.57. The fraction of sp³-hybridized carbons (Fsp3) is 0.364. The van der Waals surface area contributed by atoms with Crippen LogP contribution in [0.2, 0.25) is 5.02 Å². The van der Waals surface area contributed by atoms with Crippen molar-refractivity contribution < 1.29 is 19.1 Å². The van der Waals surface area contributed by atoms with Crippen molar-refractivity contribution in [3.63, 3.8) is 0 Å². The molecule has 154 valence electrons. The molecule has 2 aromatic carbocycles. The topological polar surface area (TPSA) is 67.9 Å². The minimum absolute atomic E-state index is 0.0236. The minimum atomic E-state index is -0.167. The molecule has 0 aromatic heterocycles. The number of methoxy groups -OCH3 is 2. The summed E-state index contributed by atoms with van der Waals surface area (Å²) >= 11 is 6.07. The lowest BCUT2D eigenvalue weighted by molar-refractivity contribution is 0.0684. The number of rotatable bonds is 6. The summed E-state index contributed by atoms with van der Waals surface area (Å²) in [5.41, 5.74) is 1.06. The number of piperidine rings is 1. The van der Waals surface area contributed by atoms with E-state index in [1.54, 1.807) is 56.7 Å². The second-order valence-corrected chi connectivity index (χ2v) is 7.40. The van der Waals surface area contributed by atoms with Gasteiger partial charge in [-0.2, -0.15) is 0 Å². The Morgan fingerprint density at radius 1 is 1.07 bits per heavy atom. The lowest BCUT2D eigenvalue weighted by atomic mass is 9.96. The third-order valence-corrected chi connectivity index (χ3v) is 5.53. The van der Waals surface area contributed by atoms with Crippen molar-refractivity contribution in [3.05, 3.63) is 58.6 Å². The molecule has 29 heavy (non-hydrogen) atoms. The van der Waals surface area contributed by atoms with Crippen LogP contribution >= 0.6 is 11.6 Å². The summed E-state index contributed by atoms with van der Waals surface area (Å²) in [4.78, 5) is 26.9. The summed E-state index contributed by atoms with van der Waals surface area (Å²) in [6.07, 6.45) is 1.67. The number of carbonyl (C=O) groups excluding carboxylic acids is 2. The number of hydrogen-bond donors (Lipinski definition) is 1. The maximum atomic E-state index is 12.8. The molecule has 1 N–H and O–H groups in total. The molecule has 0 bridgehead atoms. The summed E-state index contributed by atoms with van der Waals surface area (Å²) in [5.74, 6) is 1.27. The van der Waals surface area contributed by atoms with E-state index in [0.717, 1.165) is 12.8 Å². The molecule has 2 aromatic rings. The van der Waals surface area contributed by atoms with Crippen LogP contribution in [0.5, 0.6) is 11.5 Å². The Morgan fingerprint density at radius 3 is 2.41 bits per heavy atom. The number of ether oxygens (including phenoxy) is 2. The third-order valence-electron chi connectivity index (χ3n) is 5.20. The van der Waals surface area contributed by atoms with Gasteiger partial charge in [0.05, 0.1) is 24.8 Å². The zero-order valence-electron chi connectivity index (χ0n) is 16.6. The lowest BCUT2D eigenvalue weighted by Crippen LogP contribution is -2.41. The smallest absolute Gasteiger partial charge is 0.253 e. The van der Waals surface area contributed by atoms with Crippen molar-refractivity contribution in [1.82, 2.24) is 10.2 Å². The number of benzene rings is 2. The number of carbonyl (C=O) groups is 2. The SMILES string of the molecule is COc1ccc(C(=O)N2CCC(CNC(=O)c3ccccc3Cl)CC2)cc1OC. The Morgan fingerprint density at radius 2 is 1.76 bits per heavy atom. The first-order valence-corrected chi connectivity index (χ1v) is 9.95. The van der Waals surface area contributed by atoms with Crippen molar-refractivity contribution >= 4 is 23.4 Å². The van der Waals surface area contributed by atoms with E-state index in [2.05, 4.69) is 5.32 Å². The summed E-state index contributed by atoms with van der Waals surface area (Å²) in [6.45, 7) is 1.88. The maximum Gasteiger partial charge on any atom is 0.253 e. The van der Waals surface area contributed by atoms with Crippen LogP contribution in [-0.2, 0) is 0 Å². The molecule has 1 aliphatic heterocycles. The van der Waals surface area contributed by atoms with E-state index >= 15 is 0 Å². The molecule has 1 heterocycles. The molecule has 1 aliphatic rings. The summed E-state index contributed by atoms with van der Waals surface area (Å²) in [7, 11) is 3.11. The van der Waals surface area contributed by atoms with E-state index in [9.17, 15) is 9.59 Å². The van der Waals surface area contributed by atoms with E-state index < -0.39 is 0 Å². The second-order valence-electron chi connectivity index (χ2n) is 7.00. The van der Waals surface area contributed by atoms with Crippen LogP contribution in [0, 0.1) is 5.92 Å². The highest BCUT2D eigenvalue weighted by Gasteiger charge is 2.25. The van der Waals surface area contributed by atoms with Crippen LogP contribution in [0.25, 0.3) is 0 Å². The number of likely N-dealkylation sites (tertiary alicyclic amines) is 1. The van der Waals surface area contributed by atoms with E-state index in [1.165, 1.54) is 0 Å². The molecular formula is C22H25ClN2O4. The second kappa shape index (κ2) is 9.65. The van der Waals surface area contributed by atoms with E-state index in [1.807, 2.05) is 4.90 Å². The first-order chi connectivity index (χ1) is 14.0. The van der Waals surface area contributed by atoms with Gasteiger partial charge in [0.25, 0.3) is 11.8 Å². The lowest BCUT2D eigenvalue weighted by Gasteiger charge is -2.32. The predicted molar refractivity (Wildman–Crippen MR) is 112 cm³/mol. The molecule has 0 radical (unpaired) electrons. The van der Waals surface area contributed by atoms with Crippen LogP contribution in [0.3, 0.4) is 0 Å². The summed E-state index contributed by atoms with van der Waals surface area (Å²) < 4.78 is 10.5. The molecule has 1 fully saturated rings. The van der Waals surface area contributed by atoms with Gasteiger partial charge in [-0.25, -0.2) is 0 Å². The number of nitrogens with one attached hydrogen (secondary N) is 1. The Labute approximate surface area is 175 Å². The van der Waals surface area contributed by atoms with Crippen LogP contribution in [-0.4, -0.2) is 50.6 Å². The predicted octanol–water partition coefficient (Wildman–Crippen LogP) is 3.64. The summed E-state index contributed by atoms with van der Waals surface area (Å²) in [5, 5.41) is 3.40. The van der Waals surface area contributed by atoms with Gasteiger partial charge in [-0.15, -0.1) is 0 Å². The van der Waals surface area contributed by atoms with Gasteiger partial charge in [0.1, 0.15) is 0 Å². The van der Waals surface area contributed by atoms with Gasteiger partial charge in [0.2, 0.25) is 0 Å². The molecule has 0 unspecified atom stereocenters. The van der Waals surface area contributed by atoms with Crippen molar-refractivity contribution in [1.29, 1.82) is 0 Å². The summed E-state index contributed by atoms with van der Waals surface area (Å²) in [6, 6.07) is 12.2. The monoisotopic (exact) mass is 416 g/mol. The van der Waals surface area contributed by atoms with Crippen LogP contribution in [0.1, 0.15) is 33.6 Å². The van der Waals surface area contributed by atoms with Gasteiger partial charge < -0.3 is 19.7 Å². The fourth-order valence-corrected chi connectivity index (χ4v) is 3.69. The molecule has 3 rings (SSSR count). The van der Waals surface area contributed by atoms with Gasteiger partial charge in [-0.1, -0.05) is 23.7 Å². The van der Waals surface area contributed by atoms with Gasteiger partial charge in [0.15, 0.2) is 11.5 Å². The van der Waals surface area contributed by atoms with Gasteiger partial charge in [-0.3, -0.25) is 9.59 Å². The molecule has 0 atom stereocenters. The number of hydrogen-bond acceptors (Lipinski definition) is 4.